The lowest BCUT2D eigenvalue weighted by molar-refractivity contribution is -0.384. The molecular weight excluding hydrogens is 355 g/mol. The van der Waals surface area contributed by atoms with E-state index in [-0.39, 0.29) is 10.6 Å². The summed E-state index contributed by atoms with van der Waals surface area (Å²) < 4.78 is 40.1. The molecule has 9 heteroatoms. The van der Waals surface area contributed by atoms with Crippen molar-refractivity contribution in [2.24, 2.45) is 0 Å². The van der Waals surface area contributed by atoms with Gasteiger partial charge in [-0.1, -0.05) is 23.9 Å². The third kappa shape index (κ3) is 3.36. The number of hydrogen-bond donors (Lipinski definition) is 1. The number of anilines is 1. The first-order chi connectivity index (χ1) is 11.8. The SMILES string of the molecule is Nc1cc(Sc2cccc3cnccc23)c(C(F)(F)F)cc1[N+](=O)[O-]. The molecule has 0 bridgehead atoms. The number of nitro groups is 1. The summed E-state index contributed by atoms with van der Waals surface area (Å²) in [6.07, 6.45) is -1.59. The summed E-state index contributed by atoms with van der Waals surface area (Å²) in [7, 11) is 0. The number of nitro benzene ring substituents is 1. The zero-order valence-electron chi connectivity index (χ0n) is 12.4. The summed E-state index contributed by atoms with van der Waals surface area (Å²) in [5, 5.41) is 12.4. The van der Waals surface area contributed by atoms with Gasteiger partial charge in [-0.15, -0.1) is 0 Å². The molecule has 0 saturated heterocycles. The van der Waals surface area contributed by atoms with Crippen LogP contribution in [0.25, 0.3) is 10.8 Å². The molecule has 1 aromatic heterocycles. The van der Waals surface area contributed by atoms with Crippen LogP contribution in [0.4, 0.5) is 24.5 Å². The molecule has 0 unspecified atom stereocenters. The molecule has 0 radical (unpaired) electrons. The second-order valence-electron chi connectivity index (χ2n) is 5.12. The Bertz CT molecular complexity index is 971. The van der Waals surface area contributed by atoms with Crippen LogP contribution in [0, 0.1) is 10.1 Å². The molecule has 0 amide bonds. The molecule has 0 aliphatic carbocycles. The van der Waals surface area contributed by atoms with Gasteiger partial charge in [-0.3, -0.25) is 15.1 Å². The summed E-state index contributed by atoms with van der Waals surface area (Å²) in [6.45, 7) is 0. The van der Waals surface area contributed by atoms with Gasteiger partial charge in [0.1, 0.15) is 5.69 Å². The normalized spacial score (nSPS) is 11.6. The number of pyridine rings is 1. The van der Waals surface area contributed by atoms with Crippen LogP contribution in [0.15, 0.2) is 58.6 Å². The summed E-state index contributed by atoms with van der Waals surface area (Å²) in [5.41, 5.74) is 3.39. The van der Waals surface area contributed by atoms with Gasteiger partial charge >= 0.3 is 6.18 Å². The number of alkyl halides is 3. The lowest BCUT2D eigenvalue weighted by Crippen LogP contribution is -2.09. The molecule has 3 aromatic rings. The lowest BCUT2D eigenvalue weighted by atomic mass is 10.1. The topological polar surface area (TPSA) is 82.0 Å². The van der Waals surface area contributed by atoms with Gasteiger partial charge in [0.15, 0.2) is 0 Å². The molecule has 2 N–H and O–H groups in total. The van der Waals surface area contributed by atoms with E-state index in [1.54, 1.807) is 36.7 Å². The second kappa shape index (κ2) is 6.25. The van der Waals surface area contributed by atoms with Crippen LogP contribution in [-0.4, -0.2) is 9.91 Å². The number of halogens is 3. The summed E-state index contributed by atoms with van der Waals surface area (Å²) in [4.78, 5) is 14.3. The van der Waals surface area contributed by atoms with Crippen molar-refractivity contribution in [3.63, 3.8) is 0 Å². The van der Waals surface area contributed by atoms with Crippen LogP contribution in [0.1, 0.15) is 5.56 Å². The van der Waals surface area contributed by atoms with E-state index in [4.69, 9.17) is 5.73 Å². The lowest BCUT2D eigenvalue weighted by Gasteiger charge is -2.14. The fraction of sp³-hybridized carbons (Fsp3) is 0.0625. The van der Waals surface area contributed by atoms with E-state index >= 15 is 0 Å². The molecule has 0 aliphatic heterocycles. The van der Waals surface area contributed by atoms with E-state index in [1.807, 2.05) is 0 Å². The molecule has 25 heavy (non-hydrogen) atoms. The van der Waals surface area contributed by atoms with Crippen molar-refractivity contribution in [3.8, 4) is 0 Å². The summed E-state index contributed by atoms with van der Waals surface area (Å²) in [6, 6.07) is 8.33. The Kier molecular flexibility index (Phi) is 4.25. The van der Waals surface area contributed by atoms with E-state index in [0.717, 1.165) is 28.6 Å². The number of nitrogen functional groups attached to an aromatic ring is 1. The molecule has 1 heterocycles. The van der Waals surface area contributed by atoms with E-state index in [0.29, 0.717) is 11.0 Å². The van der Waals surface area contributed by atoms with E-state index in [2.05, 4.69) is 4.98 Å². The van der Waals surface area contributed by atoms with Crippen LogP contribution in [0.3, 0.4) is 0 Å². The molecular formula is C16H10F3N3O2S. The molecule has 0 saturated carbocycles. The average Bonchev–Trinajstić information content (AvgIpc) is 2.54. The Hall–Kier alpha value is -2.81. The van der Waals surface area contributed by atoms with Gasteiger partial charge < -0.3 is 5.73 Å². The molecule has 3 rings (SSSR count). The Balaban J connectivity index is 2.16. The second-order valence-corrected chi connectivity index (χ2v) is 6.20. The molecule has 0 fully saturated rings. The maximum Gasteiger partial charge on any atom is 0.417 e. The van der Waals surface area contributed by atoms with Crippen molar-refractivity contribution in [2.75, 3.05) is 5.73 Å². The zero-order valence-corrected chi connectivity index (χ0v) is 13.3. The molecule has 128 valence electrons. The van der Waals surface area contributed by atoms with Crippen molar-refractivity contribution < 1.29 is 18.1 Å². The monoisotopic (exact) mass is 365 g/mol. The first-order valence-corrected chi connectivity index (χ1v) is 7.74. The maximum atomic E-state index is 13.4. The van der Waals surface area contributed by atoms with E-state index in [9.17, 15) is 23.3 Å². The number of nitrogens with zero attached hydrogens (tertiary/aromatic N) is 2. The fourth-order valence-corrected chi connectivity index (χ4v) is 3.50. The van der Waals surface area contributed by atoms with Gasteiger partial charge in [0.05, 0.1) is 10.5 Å². The minimum Gasteiger partial charge on any atom is -0.393 e. The number of nitrogens with two attached hydrogens (primary N) is 1. The first kappa shape index (κ1) is 17.0. The minimum absolute atomic E-state index is 0.195. The highest BCUT2D eigenvalue weighted by Gasteiger charge is 2.36. The van der Waals surface area contributed by atoms with Crippen LogP contribution in [-0.2, 0) is 6.18 Å². The predicted octanol–water partition coefficient (Wildman–Crippen LogP) is 4.90. The van der Waals surface area contributed by atoms with Crippen molar-refractivity contribution in [2.45, 2.75) is 16.0 Å². The van der Waals surface area contributed by atoms with Crippen LogP contribution in [0.5, 0.6) is 0 Å². The third-order valence-electron chi connectivity index (χ3n) is 3.49. The Labute approximate surface area is 143 Å². The molecule has 2 aromatic carbocycles. The van der Waals surface area contributed by atoms with Crippen molar-refractivity contribution in [1.82, 2.24) is 4.98 Å². The quantitative estimate of drug-likeness (QED) is 0.406. The summed E-state index contributed by atoms with van der Waals surface area (Å²) in [5.74, 6) is 0. The number of rotatable bonds is 3. The highest BCUT2D eigenvalue weighted by Crippen LogP contribution is 2.44. The Morgan fingerprint density at radius 2 is 1.92 bits per heavy atom. The van der Waals surface area contributed by atoms with Gasteiger partial charge in [-0.05, 0) is 23.6 Å². The largest absolute Gasteiger partial charge is 0.417 e. The molecule has 5 nitrogen and oxygen atoms in total. The Morgan fingerprint density at radius 3 is 2.60 bits per heavy atom. The van der Waals surface area contributed by atoms with Crippen molar-refractivity contribution in [3.05, 3.63) is 64.5 Å². The smallest absolute Gasteiger partial charge is 0.393 e. The standard InChI is InChI=1S/C16H10F3N3O2S/c17-16(18,19)11-6-13(22(23)24)12(20)7-15(11)25-14-3-1-2-9-8-21-5-4-10(9)14/h1-8H,20H2. The van der Waals surface area contributed by atoms with Gasteiger partial charge in [-0.2, -0.15) is 13.2 Å². The molecule has 0 atom stereocenters. The highest BCUT2D eigenvalue weighted by molar-refractivity contribution is 7.99. The zero-order chi connectivity index (χ0) is 18.2. The van der Waals surface area contributed by atoms with Crippen molar-refractivity contribution in [1.29, 1.82) is 0 Å². The average molecular weight is 365 g/mol. The number of aromatic nitrogens is 1. The molecule has 0 aliphatic rings. The number of hydrogen-bond acceptors (Lipinski definition) is 5. The maximum absolute atomic E-state index is 13.4. The van der Waals surface area contributed by atoms with Gasteiger partial charge in [0.2, 0.25) is 0 Å². The predicted molar refractivity (Wildman–Crippen MR) is 88.4 cm³/mol. The first-order valence-electron chi connectivity index (χ1n) is 6.93. The fourth-order valence-electron chi connectivity index (χ4n) is 2.35. The minimum atomic E-state index is -4.74. The number of fused-ring (bicyclic) bond motifs is 1. The van der Waals surface area contributed by atoms with Crippen LogP contribution in [0.2, 0.25) is 0 Å². The van der Waals surface area contributed by atoms with Gasteiger partial charge in [0, 0.05) is 33.6 Å². The van der Waals surface area contributed by atoms with E-state index < -0.39 is 22.4 Å². The van der Waals surface area contributed by atoms with Crippen molar-refractivity contribution >= 4 is 33.9 Å². The molecule has 0 spiro atoms. The number of benzene rings is 2. The van der Waals surface area contributed by atoms with E-state index in [1.165, 1.54) is 0 Å². The highest BCUT2D eigenvalue weighted by atomic mass is 32.2. The van der Waals surface area contributed by atoms with Crippen LogP contribution >= 0.6 is 11.8 Å². The third-order valence-corrected chi connectivity index (χ3v) is 4.63. The van der Waals surface area contributed by atoms with Crippen LogP contribution < -0.4 is 5.73 Å². The summed E-state index contributed by atoms with van der Waals surface area (Å²) >= 11 is 0.855. The van der Waals surface area contributed by atoms with Gasteiger partial charge in [-0.25, -0.2) is 0 Å². The Morgan fingerprint density at radius 1 is 1.16 bits per heavy atom. The van der Waals surface area contributed by atoms with Gasteiger partial charge in [0.25, 0.3) is 5.69 Å².